The van der Waals surface area contributed by atoms with E-state index in [4.69, 9.17) is 0 Å². The number of aryl methyl sites for hydroxylation is 1. The van der Waals surface area contributed by atoms with E-state index in [1.54, 1.807) is 0 Å². The Labute approximate surface area is 161 Å². The molecule has 0 unspecified atom stereocenters. The number of rotatable bonds is 5. The molecule has 0 bridgehead atoms. The molecule has 2 aromatic rings. The van der Waals surface area contributed by atoms with Gasteiger partial charge in [-0.3, -0.25) is 4.98 Å². The molecule has 1 aliphatic rings. The molecule has 0 saturated carbocycles. The second-order valence-corrected chi connectivity index (χ2v) is 5.15. The van der Waals surface area contributed by atoms with E-state index < -0.39 is 0 Å². The first kappa shape index (κ1) is 22.0. The Morgan fingerprint density at radius 3 is 2.35 bits per heavy atom. The smallest absolute Gasteiger partial charge is 1.00 e. The van der Waals surface area contributed by atoms with Crippen molar-refractivity contribution in [1.82, 2.24) is 4.98 Å². The molecular formula is C19H18Cl2CrN. The van der Waals surface area contributed by atoms with Crippen LogP contribution in [0.1, 0.15) is 24.1 Å². The van der Waals surface area contributed by atoms with Crippen LogP contribution in [-0.2, 0) is 30.2 Å². The predicted octanol–water partition coefficient (Wildman–Crippen LogP) is -1.68. The summed E-state index contributed by atoms with van der Waals surface area (Å²) >= 11 is 0. The Bertz CT molecular complexity index is 624. The van der Waals surface area contributed by atoms with Crippen LogP contribution in [0, 0.1) is 6.08 Å². The molecule has 3 rings (SSSR count). The average molecular weight is 383 g/mol. The number of hydrogen-bond acceptors (Lipinski definition) is 1. The molecule has 0 saturated heterocycles. The van der Waals surface area contributed by atoms with Crippen molar-refractivity contribution in [2.24, 2.45) is 0 Å². The number of aromatic nitrogens is 1. The molecule has 0 atom stereocenters. The minimum Gasteiger partial charge on any atom is -1.00 e. The van der Waals surface area contributed by atoms with Gasteiger partial charge in [0.15, 0.2) is 0 Å². The van der Waals surface area contributed by atoms with Gasteiger partial charge in [0.2, 0.25) is 0 Å². The quantitative estimate of drug-likeness (QED) is 0.563. The maximum Gasteiger partial charge on any atom is 3.00 e. The maximum atomic E-state index is 4.37. The summed E-state index contributed by atoms with van der Waals surface area (Å²) in [4.78, 5) is 4.37. The summed E-state index contributed by atoms with van der Waals surface area (Å²) in [6, 6.07) is 16.7. The van der Waals surface area contributed by atoms with Gasteiger partial charge in [-0.25, -0.2) is 17.7 Å². The summed E-state index contributed by atoms with van der Waals surface area (Å²) in [5.41, 5.74) is 5.25. The molecule has 1 radical (unpaired) electrons. The van der Waals surface area contributed by atoms with Crippen LogP contribution >= 0.6 is 0 Å². The van der Waals surface area contributed by atoms with Crippen LogP contribution < -0.4 is 24.8 Å². The molecule has 4 heteroatoms. The van der Waals surface area contributed by atoms with E-state index in [1.165, 1.54) is 22.4 Å². The zero-order valence-electron chi connectivity index (χ0n) is 12.7. The monoisotopic (exact) mass is 382 g/mol. The van der Waals surface area contributed by atoms with E-state index in [-0.39, 0.29) is 42.2 Å². The van der Waals surface area contributed by atoms with E-state index in [0.717, 1.165) is 25.7 Å². The summed E-state index contributed by atoms with van der Waals surface area (Å²) in [6.07, 6.45) is 11.8. The Morgan fingerprint density at radius 2 is 1.65 bits per heavy atom. The predicted molar refractivity (Wildman–Crippen MR) is 82.2 cm³/mol. The molecule has 1 nitrogen and oxygen atoms in total. The number of nitrogens with zero attached hydrogens (tertiary/aromatic N) is 1. The van der Waals surface area contributed by atoms with E-state index in [2.05, 4.69) is 53.5 Å². The van der Waals surface area contributed by atoms with E-state index in [9.17, 15) is 0 Å². The zero-order valence-corrected chi connectivity index (χ0v) is 15.5. The van der Waals surface area contributed by atoms with Crippen LogP contribution in [0.5, 0.6) is 0 Å². The number of pyridine rings is 1. The normalized spacial score (nSPS) is 12.2. The summed E-state index contributed by atoms with van der Waals surface area (Å²) in [5.74, 6) is 0. The van der Waals surface area contributed by atoms with Crippen LogP contribution in [0.3, 0.4) is 0 Å². The first-order valence-electron chi connectivity index (χ1n) is 7.15. The van der Waals surface area contributed by atoms with Gasteiger partial charge >= 0.3 is 17.4 Å². The minimum absolute atomic E-state index is 0. The van der Waals surface area contributed by atoms with Crippen molar-refractivity contribution in [2.75, 3.05) is 0 Å². The summed E-state index contributed by atoms with van der Waals surface area (Å²) in [6.45, 7) is 0. The fourth-order valence-electron chi connectivity index (χ4n) is 2.50. The van der Waals surface area contributed by atoms with Gasteiger partial charge < -0.3 is 24.8 Å². The van der Waals surface area contributed by atoms with E-state index >= 15 is 0 Å². The van der Waals surface area contributed by atoms with Crippen molar-refractivity contribution in [3.63, 3.8) is 0 Å². The molecule has 1 aromatic carbocycles. The fraction of sp³-hybridized carbons (Fsp3) is 0.211. The van der Waals surface area contributed by atoms with Crippen LogP contribution in [-0.4, -0.2) is 4.98 Å². The summed E-state index contributed by atoms with van der Waals surface area (Å²) < 4.78 is 0. The number of allylic oxidation sites excluding steroid dienone is 4. The van der Waals surface area contributed by atoms with Crippen molar-refractivity contribution in [3.05, 3.63) is 89.3 Å². The number of benzene rings is 1. The van der Waals surface area contributed by atoms with Crippen LogP contribution in [0.25, 0.3) is 0 Å². The zero-order chi connectivity index (χ0) is 13.6. The Kier molecular flexibility index (Phi) is 11.0. The molecule has 1 heterocycles. The largest absolute Gasteiger partial charge is 3.00 e. The van der Waals surface area contributed by atoms with Crippen molar-refractivity contribution in [3.8, 4) is 0 Å². The molecule has 1 aliphatic carbocycles. The van der Waals surface area contributed by atoms with Gasteiger partial charge in [-0.15, -0.1) is 0 Å². The van der Waals surface area contributed by atoms with Gasteiger partial charge in [0.25, 0.3) is 0 Å². The molecule has 0 N–H and O–H groups in total. The van der Waals surface area contributed by atoms with Crippen LogP contribution in [0.2, 0.25) is 0 Å². The average Bonchev–Trinajstić information content (AvgIpc) is 2.95. The molecular weight excluding hydrogens is 365 g/mol. The van der Waals surface area contributed by atoms with E-state index in [1.807, 2.05) is 18.3 Å². The molecule has 1 aromatic heterocycles. The third-order valence-corrected chi connectivity index (χ3v) is 3.58. The second-order valence-electron chi connectivity index (χ2n) is 5.15. The first-order chi connectivity index (χ1) is 9.90. The van der Waals surface area contributed by atoms with Crippen LogP contribution in [0.4, 0.5) is 0 Å². The summed E-state index contributed by atoms with van der Waals surface area (Å²) in [5, 5.41) is 0. The third kappa shape index (κ3) is 6.94. The van der Waals surface area contributed by atoms with Crippen molar-refractivity contribution in [1.29, 1.82) is 0 Å². The Balaban J connectivity index is 0.00000161. The Morgan fingerprint density at radius 1 is 0.913 bits per heavy atom. The van der Waals surface area contributed by atoms with Gasteiger partial charge in [-0.1, -0.05) is 42.8 Å². The van der Waals surface area contributed by atoms with Crippen LogP contribution in [0.15, 0.2) is 72.0 Å². The van der Waals surface area contributed by atoms with Crippen molar-refractivity contribution in [2.45, 2.75) is 25.7 Å². The standard InChI is InChI=1S/C19H18N.2ClH.Cr/c1-2-6-16(7-3-1)14-18-10-9-17(15-18)11-12-19-8-4-5-13-20-19;;;/h1-8,10,13H,9,11-12,14H2;2*1H;/q-1;;;+3/p-2. The SMILES string of the molecule is [C-]1=C(CCc2ccccn2)CC=C1Cc1ccccc1.[Cl-].[Cl-].[Cr+3]. The molecule has 0 spiro atoms. The second kappa shape index (κ2) is 11.5. The fourth-order valence-corrected chi connectivity index (χ4v) is 2.50. The first-order valence-corrected chi connectivity index (χ1v) is 7.15. The molecule has 0 aliphatic heterocycles. The maximum absolute atomic E-state index is 4.37. The number of hydrogen-bond donors (Lipinski definition) is 0. The van der Waals surface area contributed by atoms with Gasteiger partial charge in [0.05, 0.1) is 0 Å². The summed E-state index contributed by atoms with van der Waals surface area (Å²) in [7, 11) is 0. The molecule has 119 valence electrons. The van der Waals surface area contributed by atoms with Crippen molar-refractivity contribution < 1.29 is 42.2 Å². The third-order valence-electron chi connectivity index (χ3n) is 3.58. The molecule has 0 fully saturated rings. The Hall–Kier alpha value is -1.04. The molecule has 0 amide bonds. The number of halogens is 2. The molecule has 23 heavy (non-hydrogen) atoms. The van der Waals surface area contributed by atoms with Gasteiger partial charge in [-0.05, 0) is 37.0 Å². The van der Waals surface area contributed by atoms with Gasteiger partial charge in [0.1, 0.15) is 0 Å². The van der Waals surface area contributed by atoms with Gasteiger partial charge in [0, 0.05) is 11.9 Å². The van der Waals surface area contributed by atoms with E-state index in [0.29, 0.717) is 0 Å². The van der Waals surface area contributed by atoms with Crippen molar-refractivity contribution >= 4 is 0 Å². The van der Waals surface area contributed by atoms with Gasteiger partial charge in [-0.2, -0.15) is 5.57 Å². The topological polar surface area (TPSA) is 12.9 Å². The minimum atomic E-state index is 0.